The monoisotopic (exact) mass is 308 g/mol. The number of halogens is 2. The predicted molar refractivity (Wildman–Crippen MR) is 83.2 cm³/mol. The van der Waals surface area contributed by atoms with Crippen molar-refractivity contribution in [3.8, 4) is 0 Å². The number of rotatable bonds is 3. The summed E-state index contributed by atoms with van der Waals surface area (Å²) in [7, 11) is 0. The van der Waals surface area contributed by atoms with E-state index < -0.39 is 0 Å². The average Bonchev–Trinajstić information content (AvgIpc) is 2.43. The third kappa shape index (κ3) is 3.24. The van der Waals surface area contributed by atoms with Gasteiger partial charge in [-0.3, -0.25) is 4.79 Å². The van der Waals surface area contributed by atoms with Crippen LogP contribution < -0.4 is 11.1 Å². The molecule has 0 saturated carbocycles. The predicted octanol–water partition coefficient (Wildman–Crippen LogP) is 4.07. The normalized spacial score (nSPS) is 11.9. The lowest BCUT2D eigenvalue weighted by Gasteiger charge is -2.15. The highest BCUT2D eigenvalue weighted by Crippen LogP contribution is 2.29. The smallest absolute Gasteiger partial charge is 0.253 e. The Morgan fingerprint density at radius 2 is 1.85 bits per heavy atom. The van der Waals surface area contributed by atoms with Crippen molar-refractivity contribution in [3.63, 3.8) is 0 Å². The quantitative estimate of drug-likeness (QED) is 0.840. The number of nitrogens with two attached hydrogens (primary N) is 1. The largest absolute Gasteiger partial charge is 0.399 e. The van der Waals surface area contributed by atoms with Crippen LogP contribution in [0.3, 0.4) is 0 Å². The number of carbonyl (C=O) groups is 1. The summed E-state index contributed by atoms with van der Waals surface area (Å²) in [4.78, 5) is 12.2. The van der Waals surface area contributed by atoms with E-state index in [2.05, 4.69) is 5.32 Å². The Bertz CT molecular complexity index is 629. The maximum atomic E-state index is 12.2. The number of amides is 1. The molecular weight excluding hydrogens is 295 g/mol. The lowest BCUT2D eigenvalue weighted by molar-refractivity contribution is 0.0940. The van der Waals surface area contributed by atoms with Gasteiger partial charge in [-0.1, -0.05) is 53.5 Å². The Morgan fingerprint density at radius 3 is 2.50 bits per heavy atom. The fourth-order valence-corrected chi connectivity index (χ4v) is 2.30. The van der Waals surface area contributed by atoms with Crippen molar-refractivity contribution < 1.29 is 4.79 Å². The van der Waals surface area contributed by atoms with E-state index in [0.29, 0.717) is 5.69 Å². The van der Waals surface area contributed by atoms with Gasteiger partial charge in [-0.25, -0.2) is 0 Å². The van der Waals surface area contributed by atoms with Crippen LogP contribution in [-0.4, -0.2) is 5.91 Å². The summed E-state index contributed by atoms with van der Waals surface area (Å²) in [6.45, 7) is 1.90. The van der Waals surface area contributed by atoms with Gasteiger partial charge < -0.3 is 11.1 Å². The Labute approximate surface area is 127 Å². The van der Waals surface area contributed by atoms with Crippen LogP contribution in [0.5, 0.6) is 0 Å². The van der Waals surface area contributed by atoms with Gasteiger partial charge in [0.1, 0.15) is 0 Å². The molecule has 0 spiro atoms. The van der Waals surface area contributed by atoms with Gasteiger partial charge in [0.15, 0.2) is 0 Å². The molecule has 1 amide bonds. The van der Waals surface area contributed by atoms with Gasteiger partial charge in [-0.2, -0.15) is 0 Å². The second kappa shape index (κ2) is 6.16. The average molecular weight is 309 g/mol. The first-order chi connectivity index (χ1) is 9.49. The number of hydrogen-bond acceptors (Lipinski definition) is 2. The van der Waals surface area contributed by atoms with Gasteiger partial charge in [-0.05, 0) is 24.6 Å². The minimum atomic E-state index is -0.305. The maximum absolute atomic E-state index is 12.2. The number of carbonyl (C=O) groups excluding carboxylic acids is 1. The molecule has 0 radical (unpaired) electrons. The molecule has 0 fully saturated rings. The Hall–Kier alpha value is -1.71. The van der Waals surface area contributed by atoms with Crippen molar-refractivity contribution in [1.29, 1.82) is 0 Å². The van der Waals surface area contributed by atoms with Crippen LogP contribution >= 0.6 is 23.2 Å². The molecule has 104 valence electrons. The van der Waals surface area contributed by atoms with Crippen molar-refractivity contribution in [2.45, 2.75) is 13.0 Å². The molecule has 0 aromatic heterocycles. The Balaban J connectivity index is 2.21. The molecule has 0 aliphatic heterocycles. The van der Waals surface area contributed by atoms with E-state index in [1.54, 1.807) is 0 Å². The number of nitrogens with one attached hydrogen (secondary N) is 1. The molecule has 0 heterocycles. The summed E-state index contributed by atoms with van der Waals surface area (Å²) in [5.74, 6) is -0.305. The van der Waals surface area contributed by atoms with E-state index in [1.165, 1.54) is 12.1 Å². The maximum Gasteiger partial charge on any atom is 0.253 e. The molecule has 5 heteroatoms. The molecule has 3 N–H and O–H groups in total. The summed E-state index contributed by atoms with van der Waals surface area (Å²) in [6.07, 6.45) is 0. The van der Waals surface area contributed by atoms with Crippen LogP contribution in [0.1, 0.15) is 28.9 Å². The van der Waals surface area contributed by atoms with Crippen LogP contribution in [0.15, 0.2) is 42.5 Å². The van der Waals surface area contributed by atoms with Crippen LogP contribution in [0.4, 0.5) is 5.69 Å². The number of hydrogen-bond donors (Lipinski definition) is 2. The van der Waals surface area contributed by atoms with Crippen molar-refractivity contribution >= 4 is 34.8 Å². The molecule has 20 heavy (non-hydrogen) atoms. The van der Waals surface area contributed by atoms with Gasteiger partial charge in [0, 0.05) is 5.69 Å². The van der Waals surface area contributed by atoms with Crippen LogP contribution in [0.25, 0.3) is 0 Å². The van der Waals surface area contributed by atoms with Crippen molar-refractivity contribution in [2.24, 2.45) is 0 Å². The molecule has 0 bridgehead atoms. The first-order valence-corrected chi connectivity index (χ1v) is 6.85. The van der Waals surface area contributed by atoms with Gasteiger partial charge >= 0.3 is 0 Å². The van der Waals surface area contributed by atoms with Gasteiger partial charge in [-0.15, -0.1) is 0 Å². The third-order valence-electron chi connectivity index (χ3n) is 2.94. The number of benzene rings is 2. The fraction of sp³-hybridized carbons (Fsp3) is 0.133. The third-order valence-corrected chi connectivity index (χ3v) is 3.74. The highest BCUT2D eigenvalue weighted by molar-refractivity contribution is 6.44. The summed E-state index contributed by atoms with van der Waals surface area (Å²) >= 11 is 12.0. The van der Waals surface area contributed by atoms with Crippen LogP contribution in [0, 0.1) is 0 Å². The van der Waals surface area contributed by atoms with Crippen LogP contribution in [0.2, 0.25) is 10.0 Å². The molecule has 2 aromatic rings. The lowest BCUT2D eigenvalue weighted by atomic mass is 10.1. The summed E-state index contributed by atoms with van der Waals surface area (Å²) in [5, 5.41) is 3.34. The molecule has 2 aromatic carbocycles. The van der Waals surface area contributed by atoms with E-state index in [0.717, 1.165) is 5.56 Å². The summed E-state index contributed by atoms with van der Waals surface area (Å²) in [6, 6.07) is 12.5. The second-order valence-electron chi connectivity index (χ2n) is 4.47. The van der Waals surface area contributed by atoms with Crippen molar-refractivity contribution in [3.05, 3.63) is 63.6 Å². The first kappa shape index (κ1) is 14.7. The molecule has 0 aliphatic rings. The molecule has 0 aliphatic carbocycles. The van der Waals surface area contributed by atoms with Crippen LogP contribution in [-0.2, 0) is 0 Å². The molecular formula is C15H14Cl2N2O. The molecule has 3 nitrogen and oxygen atoms in total. The van der Waals surface area contributed by atoms with E-state index in [4.69, 9.17) is 28.9 Å². The zero-order chi connectivity index (χ0) is 14.7. The zero-order valence-electron chi connectivity index (χ0n) is 10.9. The number of nitrogen functional groups attached to an aromatic ring is 1. The van der Waals surface area contributed by atoms with Gasteiger partial charge in [0.2, 0.25) is 0 Å². The minimum absolute atomic E-state index is 0.139. The van der Waals surface area contributed by atoms with Gasteiger partial charge in [0.05, 0.1) is 21.7 Å². The lowest BCUT2D eigenvalue weighted by Crippen LogP contribution is -2.27. The van der Waals surface area contributed by atoms with Crippen molar-refractivity contribution in [2.75, 3.05) is 5.73 Å². The highest BCUT2D eigenvalue weighted by Gasteiger charge is 2.16. The zero-order valence-corrected chi connectivity index (χ0v) is 12.4. The van der Waals surface area contributed by atoms with Gasteiger partial charge in [0.25, 0.3) is 5.91 Å². The summed E-state index contributed by atoms with van der Waals surface area (Å²) in [5.41, 5.74) is 7.37. The topological polar surface area (TPSA) is 55.1 Å². The first-order valence-electron chi connectivity index (χ1n) is 6.09. The van der Waals surface area contributed by atoms with E-state index >= 15 is 0 Å². The van der Waals surface area contributed by atoms with E-state index in [1.807, 2.05) is 37.3 Å². The van der Waals surface area contributed by atoms with E-state index in [9.17, 15) is 4.79 Å². The highest BCUT2D eigenvalue weighted by atomic mass is 35.5. The SMILES string of the molecule is C[C@@H](NC(=O)c1cc(N)cc(Cl)c1Cl)c1ccccc1. The second-order valence-corrected chi connectivity index (χ2v) is 5.26. The molecule has 0 unspecified atom stereocenters. The molecule has 0 saturated heterocycles. The molecule has 1 atom stereocenters. The summed E-state index contributed by atoms with van der Waals surface area (Å²) < 4.78 is 0. The Kier molecular flexibility index (Phi) is 4.53. The fourth-order valence-electron chi connectivity index (χ4n) is 1.87. The van der Waals surface area contributed by atoms with E-state index in [-0.39, 0.29) is 27.6 Å². The molecule has 2 rings (SSSR count). The standard InChI is InChI=1S/C15H14Cl2N2O/c1-9(10-5-3-2-4-6-10)19-15(20)12-7-11(18)8-13(16)14(12)17/h2-9H,18H2,1H3,(H,19,20)/t9-/m1/s1. The Morgan fingerprint density at radius 1 is 1.20 bits per heavy atom. The minimum Gasteiger partial charge on any atom is -0.399 e. The number of anilines is 1. The van der Waals surface area contributed by atoms with Crippen molar-refractivity contribution in [1.82, 2.24) is 5.32 Å².